The monoisotopic (exact) mass is 361 g/mol. The normalized spacial score (nSPS) is 10.9. The molecule has 0 atom stereocenters. The number of fused-ring (bicyclic) bond motifs is 1. The number of amides is 1. The van der Waals surface area contributed by atoms with Gasteiger partial charge < -0.3 is 5.32 Å². The summed E-state index contributed by atoms with van der Waals surface area (Å²) in [6.07, 6.45) is 5.84. The molecule has 0 aliphatic rings. The van der Waals surface area contributed by atoms with E-state index in [1.54, 1.807) is 30.5 Å². The second-order valence-electron chi connectivity index (χ2n) is 5.91. The fourth-order valence-corrected chi connectivity index (χ4v) is 2.79. The topological polar surface area (TPSA) is 108 Å². The fourth-order valence-electron chi connectivity index (χ4n) is 2.79. The first kappa shape index (κ1) is 16.6. The van der Waals surface area contributed by atoms with E-state index in [9.17, 15) is 9.59 Å². The van der Waals surface area contributed by atoms with Gasteiger partial charge in [-0.3, -0.25) is 14.2 Å². The first-order valence-corrected chi connectivity index (χ1v) is 8.18. The summed E-state index contributed by atoms with van der Waals surface area (Å²) in [5.41, 5.74) is 1.75. The van der Waals surface area contributed by atoms with Crippen molar-refractivity contribution in [3.8, 4) is 5.82 Å². The van der Waals surface area contributed by atoms with Gasteiger partial charge in [0, 0.05) is 6.20 Å². The Morgan fingerprint density at radius 1 is 1.15 bits per heavy atom. The molecule has 0 aliphatic heterocycles. The highest BCUT2D eigenvalue weighted by atomic mass is 16.2. The Kier molecular flexibility index (Phi) is 4.17. The number of carbonyl (C=O) groups is 1. The smallest absolute Gasteiger partial charge is 0.261 e. The van der Waals surface area contributed by atoms with E-state index < -0.39 is 0 Å². The maximum atomic E-state index is 12.6. The number of anilines is 1. The minimum absolute atomic E-state index is 0.165. The average molecular weight is 361 g/mol. The lowest BCUT2D eigenvalue weighted by atomic mass is 10.1. The van der Waals surface area contributed by atoms with Crippen LogP contribution in [-0.4, -0.2) is 35.2 Å². The number of benzene rings is 1. The van der Waals surface area contributed by atoms with Gasteiger partial charge in [-0.1, -0.05) is 12.1 Å². The highest BCUT2D eigenvalue weighted by molar-refractivity contribution is 5.92. The van der Waals surface area contributed by atoms with Crippen molar-refractivity contribution in [1.29, 1.82) is 0 Å². The molecule has 9 nitrogen and oxygen atoms in total. The number of rotatable bonds is 4. The molecule has 0 radical (unpaired) electrons. The second-order valence-corrected chi connectivity index (χ2v) is 5.91. The minimum Gasteiger partial charge on any atom is -0.321 e. The van der Waals surface area contributed by atoms with Gasteiger partial charge in [-0.2, -0.15) is 5.10 Å². The Morgan fingerprint density at radius 2 is 2.04 bits per heavy atom. The van der Waals surface area contributed by atoms with Crippen molar-refractivity contribution >= 4 is 22.5 Å². The molecule has 9 heteroatoms. The van der Waals surface area contributed by atoms with Crippen LogP contribution in [0.4, 0.5) is 5.69 Å². The Balaban J connectivity index is 1.60. The molecule has 0 saturated carbocycles. The van der Waals surface area contributed by atoms with E-state index in [2.05, 4.69) is 25.4 Å². The van der Waals surface area contributed by atoms with Crippen molar-refractivity contribution in [3.05, 3.63) is 71.4 Å². The van der Waals surface area contributed by atoms with Crippen LogP contribution < -0.4 is 10.9 Å². The van der Waals surface area contributed by atoms with Crippen molar-refractivity contribution < 1.29 is 4.79 Å². The predicted octanol–water partition coefficient (Wildman–Crippen LogP) is 1.32. The van der Waals surface area contributed by atoms with Crippen molar-refractivity contribution in [2.24, 2.45) is 0 Å². The van der Waals surface area contributed by atoms with Crippen LogP contribution in [-0.2, 0) is 11.3 Å². The lowest BCUT2D eigenvalue weighted by Gasteiger charge is -2.11. The van der Waals surface area contributed by atoms with Crippen molar-refractivity contribution in [1.82, 2.24) is 29.3 Å². The summed E-state index contributed by atoms with van der Waals surface area (Å²) in [6.45, 7) is 1.72. The Morgan fingerprint density at radius 3 is 2.85 bits per heavy atom. The summed E-state index contributed by atoms with van der Waals surface area (Å²) in [5.74, 6) is 0.0585. The van der Waals surface area contributed by atoms with Crippen LogP contribution in [0.5, 0.6) is 0 Å². The minimum atomic E-state index is -0.375. The van der Waals surface area contributed by atoms with Crippen molar-refractivity contribution in [2.75, 3.05) is 5.32 Å². The molecule has 0 bridgehead atoms. The van der Waals surface area contributed by atoms with E-state index in [1.165, 1.54) is 28.2 Å². The maximum absolute atomic E-state index is 12.6. The third-order valence-electron chi connectivity index (χ3n) is 4.07. The lowest BCUT2D eigenvalue weighted by Crippen LogP contribution is -2.28. The number of aromatic nitrogens is 6. The van der Waals surface area contributed by atoms with E-state index in [1.807, 2.05) is 13.0 Å². The number of hydrogen-bond donors (Lipinski definition) is 1. The average Bonchev–Trinajstić information content (AvgIpc) is 3.19. The van der Waals surface area contributed by atoms with E-state index >= 15 is 0 Å². The van der Waals surface area contributed by atoms with E-state index in [0.29, 0.717) is 22.4 Å². The van der Waals surface area contributed by atoms with Crippen molar-refractivity contribution in [2.45, 2.75) is 13.5 Å². The molecule has 27 heavy (non-hydrogen) atoms. The van der Waals surface area contributed by atoms with Crippen LogP contribution in [0.2, 0.25) is 0 Å². The number of pyridine rings is 1. The van der Waals surface area contributed by atoms with Crippen LogP contribution in [0.15, 0.2) is 60.3 Å². The number of nitrogens with one attached hydrogen (secondary N) is 1. The second kappa shape index (κ2) is 6.79. The van der Waals surface area contributed by atoms with Gasteiger partial charge in [0.2, 0.25) is 5.91 Å². The summed E-state index contributed by atoms with van der Waals surface area (Å²) in [5, 5.41) is 7.26. The van der Waals surface area contributed by atoms with Gasteiger partial charge in [-0.05, 0) is 30.7 Å². The molecule has 4 aromatic rings. The lowest BCUT2D eigenvalue weighted by molar-refractivity contribution is -0.116. The summed E-state index contributed by atoms with van der Waals surface area (Å²) in [4.78, 5) is 37.5. The van der Waals surface area contributed by atoms with Crippen molar-refractivity contribution in [3.63, 3.8) is 0 Å². The molecule has 0 fully saturated rings. The third kappa shape index (κ3) is 3.17. The zero-order chi connectivity index (χ0) is 18.8. The molecule has 4 rings (SSSR count). The highest BCUT2D eigenvalue weighted by Crippen LogP contribution is 2.16. The molecule has 3 heterocycles. The first-order chi connectivity index (χ1) is 13.1. The van der Waals surface area contributed by atoms with Crippen LogP contribution in [0, 0.1) is 6.92 Å². The first-order valence-electron chi connectivity index (χ1n) is 8.18. The van der Waals surface area contributed by atoms with Gasteiger partial charge in [-0.15, -0.1) is 0 Å². The summed E-state index contributed by atoms with van der Waals surface area (Å²) < 4.78 is 2.73. The predicted molar refractivity (Wildman–Crippen MR) is 98.5 cm³/mol. The fraction of sp³-hybridized carbons (Fsp3) is 0.111. The third-order valence-corrected chi connectivity index (χ3v) is 4.07. The summed E-state index contributed by atoms with van der Waals surface area (Å²) in [6, 6.07) is 8.79. The highest BCUT2D eigenvalue weighted by Gasteiger charge is 2.12. The standard InChI is InChI=1S/C18H15N7O2/c1-12-4-2-5-13-16(12)21-11-24(18(13)27)8-15(26)23-14-6-3-7-20-17(14)25-10-19-9-22-25/h2-7,9-11H,8H2,1H3,(H,23,26). The van der Waals surface area contributed by atoms with Crippen LogP contribution in [0.3, 0.4) is 0 Å². The number of para-hydroxylation sites is 1. The number of nitrogens with zero attached hydrogens (tertiary/aromatic N) is 6. The Labute approximate surface area is 153 Å². The Hall–Kier alpha value is -3.88. The van der Waals surface area contributed by atoms with Gasteiger partial charge in [0.25, 0.3) is 5.56 Å². The molecular weight excluding hydrogens is 346 g/mol. The van der Waals surface area contributed by atoms with E-state index in [4.69, 9.17) is 0 Å². The summed E-state index contributed by atoms with van der Waals surface area (Å²) >= 11 is 0. The quantitative estimate of drug-likeness (QED) is 0.587. The van der Waals surface area contributed by atoms with Crippen LogP contribution in [0.1, 0.15) is 5.56 Å². The molecule has 0 saturated heterocycles. The molecular formula is C18H15N7O2. The maximum Gasteiger partial charge on any atom is 0.261 e. The van der Waals surface area contributed by atoms with Gasteiger partial charge in [0.15, 0.2) is 5.82 Å². The molecule has 1 amide bonds. The molecule has 0 unspecified atom stereocenters. The molecule has 1 aromatic carbocycles. The van der Waals surface area contributed by atoms with E-state index in [0.717, 1.165) is 5.56 Å². The molecule has 0 aliphatic carbocycles. The molecule has 134 valence electrons. The number of carbonyl (C=O) groups excluding carboxylic acids is 1. The van der Waals surface area contributed by atoms with Gasteiger partial charge in [0.05, 0.1) is 22.9 Å². The SMILES string of the molecule is Cc1cccc2c(=O)n(CC(=O)Nc3cccnc3-n3cncn3)cnc12. The summed E-state index contributed by atoms with van der Waals surface area (Å²) in [7, 11) is 0. The van der Waals surface area contributed by atoms with Gasteiger partial charge >= 0.3 is 0 Å². The number of aryl methyl sites for hydroxylation is 1. The zero-order valence-corrected chi connectivity index (χ0v) is 14.4. The number of hydrogen-bond acceptors (Lipinski definition) is 6. The molecule has 1 N–H and O–H groups in total. The van der Waals surface area contributed by atoms with Gasteiger partial charge in [-0.25, -0.2) is 19.6 Å². The zero-order valence-electron chi connectivity index (χ0n) is 14.4. The largest absolute Gasteiger partial charge is 0.321 e. The van der Waals surface area contributed by atoms with E-state index in [-0.39, 0.29) is 18.0 Å². The molecule has 3 aromatic heterocycles. The Bertz CT molecular complexity index is 1180. The van der Waals surface area contributed by atoms with Gasteiger partial charge in [0.1, 0.15) is 19.2 Å². The molecule has 0 spiro atoms. The van der Waals surface area contributed by atoms with Crippen LogP contribution >= 0.6 is 0 Å². The van der Waals surface area contributed by atoms with Crippen LogP contribution in [0.25, 0.3) is 16.7 Å².